The van der Waals surface area contributed by atoms with Gasteiger partial charge in [-0.25, -0.2) is 0 Å². The summed E-state index contributed by atoms with van der Waals surface area (Å²) in [4.78, 5) is 0. The minimum Gasteiger partial charge on any atom is -0.363 e. The van der Waals surface area contributed by atoms with E-state index in [2.05, 4.69) is 0 Å². The van der Waals surface area contributed by atoms with Crippen LogP contribution in [0.4, 0.5) is 0 Å². The van der Waals surface area contributed by atoms with Gasteiger partial charge in [0.15, 0.2) is 0 Å². The first kappa shape index (κ1) is 13.1. The molecule has 0 fully saturated rings. The third-order valence-corrected chi connectivity index (χ3v) is 3.59. The maximum atomic E-state index is 6.01. The van der Waals surface area contributed by atoms with Gasteiger partial charge in [-0.3, -0.25) is 0 Å². The molecule has 4 nitrogen and oxygen atoms in total. The monoisotopic (exact) mass is 207 g/mol. The maximum absolute atomic E-state index is 6.01. The Hall–Kier alpha value is 0.0569. The van der Waals surface area contributed by atoms with Crippen molar-refractivity contribution in [3.8, 4) is 0 Å². The molecule has 0 aromatic heterocycles. The number of methoxy groups -OCH3 is 3. The third-order valence-electron chi connectivity index (χ3n) is 2.48. The lowest BCUT2D eigenvalue weighted by molar-refractivity contribution is -0.301. The van der Waals surface area contributed by atoms with Crippen LogP contribution in [0, 0.1) is 5.92 Å². The summed E-state index contributed by atoms with van der Waals surface area (Å²) >= 11 is 0. The van der Waals surface area contributed by atoms with Gasteiger partial charge in [-0.15, -0.1) is 0 Å². The first-order valence-corrected chi connectivity index (χ1v) is 5.32. The molecule has 0 bridgehead atoms. The van der Waals surface area contributed by atoms with Gasteiger partial charge in [0.25, 0.3) is 0 Å². The van der Waals surface area contributed by atoms with E-state index >= 15 is 0 Å². The molecule has 0 saturated carbocycles. The molecular weight excluding hydrogens is 186 g/mol. The first-order valence-electron chi connectivity index (χ1n) is 4.32. The highest BCUT2D eigenvalue weighted by Crippen LogP contribution is 2.30. The van der Waals surface area contributed by atoms with Crippen LogP contribution in [0.2, 0.25) is 0 Å². The predicted octanol–water partition coefficient (Wildman–Crippen LogP) is -0.744. The zero-order valence-electron chi connectivity index (χ0n) is 9.38. The molecule has 5 heteroatoms. The molecule has 13 heavy (non-hydrogen) atoms. The fourth-order valence-electron chi connectivity index (χ4n) is 1.68. The molecule has 2 N–H and O–H groups in total. The van der Waals surface area contributed by atoms with Gasteiger partial charge in [0.05, 0.1) is 10.2 Å². The molecule has 0 spiro atoms. The van der Waals surface area contributed by atoms with Crippen molar-refractivity contribution in [2.24, 2.45) is 11.7 Å². The van der Waals surface area contributed by atoms with Gasteiger partial charge in [0, 0.05) is 27.2 Å². The zero-order valence-corrected chi connectivity index (χ0v) is 11.4. The average molecular weight is 207 g/mol. The van der Waals surface area contributed by atoms with Crippen LogP contribution < -0.4 is 5.73 Å². The minimum absolute atomic E-state index is 0.130. The Morgan fingerprint density at radius 2 is 1.46 bits per heavy atom. The number of rotatable bonds is 5. The summed E-state index contributed by atoms with van der Waals surface area (Å²) in [5, 5.41) is -0.829. The Bertz CT molecular complexity index is 157. The molecule has 0 aliphatic heterocycles. The second kappa shape index (κ2) is 4.52. The van der Waals surface area contributed by atoms with E-state index in [4.69, 9.17) is 19.9 Å². The Balaban J connectivity index is 4.97. The predicted molar refractivity (Wildman–Crippen MR) is 55.5 cm³/mol. The maximum Gasteiger partial charge on any atom is 0.208 e. The third kappa shape index (κ3) is 2.11. The van der Waals surface area contributed by atoms with E-state index in [9.17, 15) is 0 Å². The molecule has 0 saturated heterocycles. The standard InChI is InChI=1S/C8H21NO3Si/c1-6(2)7(10-3,11-4)8(9,13)12-5/h6H,9H2,1-5,13H3. The molecule has 0 amide bonds. The van der Waals surface area contributed by atoms with Crippen LogP contribution >= 0.6 is 0 Å². The van der Waals surface area contributed by atoms with Crippen LogP contribution in [0.5, 0.6) is 0 Å². The van der Waals surface area contributed by atoms with Crippen LogP contribution in [-0.2, 0) is 14.2 Å². The molecule has 0 aromatic carbocycles. The van der Waals surface area contributed by atoms with Crippen molar-refractivity contribution in [1.82, 2.24) is 0 Å². The second-order valence-corrected chi connectivity index (χ2v) is 5.03. The Labute approximate surface area is 83.1 Å². The van der Waals surface area contributed by atoms with E-state index in [1.807, 2.05) is 13.8 Å². The van der Waals surface area contributed by atoms with E-state index in [0.717, 1.165) is 0 Å². The molecule has 80 valence electrons. The van der Waals surface area contributed by atoms with Crippen molar-refractivity contribution >= 4 is 10.2 Å². The smallest absolute Gasteiger partial charge is 0.208 e. The summed E-state index contributed by atoms with van der Waals surface area (Å²) in [7, 11) is 5.37. The van der Waals surface area contributed by atoms with Gasteiger partial charge in [0.1, 0.15) is 5.35 Å². The van der Waals surface area contributed by atoms with Crippen molar-refractivity contribution in [2.75, 3.05) is 21.3 Å². The summed E-state index contributed by atoms with van der Waals surface area (Å²) in [6.07, 6.45) is 0. The highest BCUT2D eigenvalue weighted by molar-refractivity contribution is 6.14. The highest BCUT2D eigenvalue weighted by atomic mass is 28.1. The molecule has 0 aromatic rings. The Kier molecular flexibility index (Phi) is 4.54. The van der Waals surface area contributed by atoms with Crippen LogP contribution in [0.25, 0.3) is 0 Å². The summed E-state index contributed by atoms with van der Waals surface area (Å²) < 4.78 is 16.0. The number of hydrogen-bond acceptors (Lipinski definition) is 4. The normalized spacial score (nSPS) is 17.8. The number of nitrogens with two attached hydrogens (primary N) is 1. The van der Waals surface area contributed by atoms with Crippen LogP contribution in [0.1, 0.15) is 13.8 Å². The topological polar surface area (TPSA) is 53.7 Å². The molecule has 0 rings (SSSR count). The summed E-state index contributed by atoms with van der Waals surface area (Å²) in [5.41, 5.74) is 6.01. The van der Waals surface area contributed by atoms with Crippen molar-refractivity contribution < 1.29 is 14.2 Å². The minimum atomic E-state index is -0.853. The zero-order chi connectivity index (χ0) is 10.7. The molecular formula is C8H21NO3Si. The SMILES string of the molecule is COC(N)([SiH3])C(OC)(OC)C(C)C. The number of ether oxygens (including phenoxy) is 3. The van der Waals surface area contributed by atoms with Crippen LogP contribution in [0.15, 0.2) is 0 Å². The van der Waals surface area contributed by atoms with Crippen molar-refractivity contribution in [1.29, 1.82) is 0 Å². The molecule has 0 heterocycles. The van der Waals surface area contributed by atoms with Crippen LogP contribution in [-0.4, -0.2) is 42.7 Å². The van der Waals surface area contributed by atoms with E-state index in [-0.39, 0.29) is 5.92 Å². The van der Waals surface area contributed by atoms with E-state index in [1.54, 1.807) is 21.3 Å². The van der Waals surface area contributed by atoms with Gasteiger partial charge in [0.2, 0.25) is 5.79 Å². The summed E-state index contributed by atoms with van der Waals surface area (Å²) in [5.74, 6) is -0.724. The lowest BCUT2D eigenvalue weighted by Crippen LogP contribution is -2.67. The van der Waals surface area contributed by atoms with Crippen molar-refractivity contribution in [2.45, 2.75) is 25.0 Å². The molecule has 0 radical (unpaired) electrons. The molecule has 1 atom stereocenters. The Morgan fingerprint density at radius 3 is 1.54 bits per heavy atom. The van der Waals surface area contributed by atoms with Crippen molar-refractivity contribution in [3.63, 3.8) is 0 Å². The van der Waals surface area contributed by atoms with Gasteiger partial charge in [-0.05, 0) is 0 Å². The highest BCUT2D eigenvalue weighted by Gasteiger charge is 2.49. The van der Waals surface area contributed by atoms with E-state index in [1.165, 1.54) is 0 Å². The number of hydrogen-bond donors (Lipinski definition) is 1. The van der Waals surface area contributed by atoms with E-state index < -0.39 is 11.1 Å². The van der Waals surface area contributed by atoms with Gasteiger partial charge >= 0.3 is 0 Å². The van der Waals surface area contributed by atoms with Gasteiger partial charge in [-0.1, -0.05) is 13.8 Å². The molecule has 1 unspecified atom stereocenters. The van der Waals surface area contributed by atoms with Crippen molar-refractivity contribution in [3.05, 3.63) is 0 Å². The van der Waals surface area contributed by atoms with Gasteiger partial charge in [-0.2, -0.15) is 0 Å². The second-order valence-electron chi connectivity index (χ2n) is 3.54. The quantitative estimate of drug-likeness (QED) is 0.476. The molecule has 0 aliphatic rings. The summed E-state index contributed by atoms with van der Waals surface area (Å²) in [6, 6.07) is 0. The van der Waals surface area contributed by atoms with Crippen LogP contribution in [0.3, 0.4) is 0 Å². The largest absolute Gasteiger partial charge is 0.363 e. The Morgan fingerprint density at radius 1 is 1.08 bits per heavy atom. The summed E-state index contributed by atoms with van der Waals surface area (Å²) in [6.45, 7) is 3.98. The fraction of sp³-hybridized carbons (Fsp3) is 1.00. The molecule has 0 aliphatic carbocycles. The average Bonchev–Trinajstić information content (AvgIpc) is 2.06. The fourth-order valence-corrected chi connectivity index (χ4v) is 2.66. The van der Waals surface area contributed by atoms with E-state index in [0.29, 0.717) is 10.2 Å². The lowest BCUT2D eigenvalue weighted by atomic mass is 10.0. The lowest BCUT2D eigenvalue weighted by Gasteiger charge is -2.45. The first-order chi connectivity index (χ1) is 5.88. The van der Waals surface area contributed by atoms with Gasteiger partial charge < -0.3 is 19.9 Å².